The molecule has 1 atom stereocenters. The Labute approximate surface area is 114 Å². The number of nitrogens with one attached hydrogen (secondary N) is 1. The lowest BCUT2D eigenvalue weighted by atomic mass is 10.0. The summed E-state index contributed by atoms with van der Waals surface area (Å²) in [7, 11) is 0. The average molecular weight is 284 g/mol. The van der Waals surface area contributed by atoms with Crippen molar-refractivity contribution in [1.82, 2.24) is 15.5 Å². The second kappa shape index (κ2) is 4.99. The van der Waals surface area contributed by atoms with Gasteiger partial charge in [-0.1, -0.05) is 23.2 Å². The molecule has 3 rings (SSSR count). The SMILES string of the molecule is Cc1csc(-c2nc(C3CCCCN3)no2)c1Cl. The van der Waals surface area contributed by atoms with Gasteiger partial charge in [-0.15, -0.1) is 11.3 Å². The Hall–Kier alpha value is -0.910. The van der Waals surface area contributed by atoms with Gasteiger partial charge in [0.2, 0.25) is 0 Å². The van der Waals surface area contributed by atoms with E-state index in [0.29, 0.717) is 10.9 Å². The number of thiophene rings is 1. The Morgan fingerprint density at radius 1 is 1.50 bits per heavy atom. The van der Waals surface area contributed by atoms with Gasteiger partial charge < -0.3 is 9.84 Å². The first-order valence-electron chi connectivity index (χ1n) is 6.06. The molecule has 0 bridgehead atoms. The minimum atomic E-state index is 0.219. The van der Waals surface area contributed by atoms with E-state index >= 15 is 0 Å². The van der Waals surface area contributed by atoms with Gasteiger partial charge in [0.15, 0.2) is 5.82 Å². The van der Waals surface area contributed by atoms with Gasteiger partial charge in [0, 0.05) is 0 Å². The molecular formula is C12H14ClN3OS. The standard InChI is InChI=1S/C12H14ClN3OS/c1-7-6-18-10(9(7)13)12-15-11(16-17-12)8-4-2-3-5-14-8/h6,8,14H,2-5H2,1H3. The van der Waals surface area contributed by atoms with E-state index in [1.54, 1.807) is 11.3 Å². The first kappa shape index (κ1) is 12.1. The minimum Gasteiger partial charge on any atom is -0.333 e. The molecule has 4 nitrogen and oxygen atoms in total. The molecule has 3 heterocycles. The quantitative estimate of drug-likeness (QED) is 0.915. The largest absolute Gasteiger partial charge is 0.333 e. The second-order valence-corrected chi connectivity index (χ2v) is 5.78. The highest BCUT2D eigenvalue weighted by molar-refractivity contribution is 7.14. The summed E-state index contributed by atoms with van der Waals surface area (Å²) in [6, 6.07) is 0.219. The van der Waals surface area contributed by atoms with E-state index < -0.39 is 0 Å². The van der Waals surface area contributed by atoms with Crippen LogP contribution in [0.1, 0.15) is 36.7 Å². The molecule has 1 N–H and O–H groups in total. The third kappa shape index (κ3) is 2.18. The van der Waals surface area contributed by atoms with Gasteiger partial charge in [-0.25, -0.2) is 0 Å². The van der Waals surface area contributed by atoms with Crippen LogP contribution in [0.4, 0.5) is 0 Å². The van der Waals surface area contributed by atoms with E-state index in [9.17, 15) is 0 Å². The van der Waals surface area contributed by atoms with Crippen LogP contribution in [-0.4, -0.2) is 16.7 Å². The predicted octanol–water partition coefficient (Wildman–Crippen LogP) is 3.57. The van der Waals surface area contributed by atoms with Crippen LogP contribution < -0.4 is 5.32 Å². The van der Waals surface area contributed by atoms with E-state index in [1.807, 2.05) is 12.3 Å². The molecule has 1 aliphatic heterocycles. The van der Waals surface area contributed by atoms with Crippen LogP contribution >= 0.6 is 22.9 Å². The Morgan fingerprint density at radius 2 is 2.39 bits per heavy atom. The van der Waals surface area contributed by atoms with Crippen molar-refractivity contribution >= 4 is 22.9 Å². The molecule has 1 saturated heterocycles. The van der Waals surface area contributed by atoms with E-state index in [-0.39, 0.29) is 6.04 Å². The number of nitrogens with zero attached hydrogens (tertiary/aromatic N) is 2. The van der Waals surface area contributed by atoms with Crippen molar-refractivity contribution in [1.29, 1.82) is 0 Å². The Morgan fingerprint density at radius 3 is 3.06 bits per heavy atom. The number of aryl methyl sites for hydroxylation is 1. The van der Waals surface area contributed by atoms with Gasteiger partial charge >= 0.3 is 0 Å². The fraction of sp³-hybridized carbons (Fsp3) is 0.500. The summed E-state index contributed by atoms with van der Waals surface area (Å²) in [6.45, 7) is 3.00. The normalized spacial score (nSPS) is 20.2. The van der Waals surface area contributed by atoms with Crippen molar-refractivity contribution in [3.8, 4) is 10.8 Å². The van der Waals surface area contributed by atoms with Crippen LogP contribution in [-0.2, 0) is 0 Å². The first-order valence-corrected chi connectivity index (χ1v) is 7.32. The summed E-state index contributed by atoms with van der Waals surface area (Å²) < 4.78 is 5.32. The van der Waals surface area contributed by atoms with Crippen molar-refractivity contribution in [2.24, 2.45) is 0 Å². The fourth-order valence-corrected chi connectivity index (χ4v) is 3.31. The number of rotatable bonds is 2. The summed E-state index contributed by atoms with van der Waals surface area (Å²) >= 11 is 7.75. The number of aromatic nitrogens is 2. The highest BCUT2D eigenvalue weighted by Crippen LogP contribution is 2.36. The highest BCUT2D eigenvalue weighted by Gasteiger charge is 2.22. The fourth-order valence-electron chi connectivity index (χ4n) is 2.11. The molecule has 6 heteroatoms. The highest BCUT2D eigenvalue weighted by atomic mass is 35.5. The van der Waals surface area contributed by atoms with Crippen molar-refractivity contribution in [2.45, 2.75) is 32.2 Å². The molecule has 0 aliphatic carbocycles. The zero-order chi connectivity index (χ0) is 12.5. The number of hydrogen-bond donors (Lipinski definition) is 1. The first-order chi connectivity index (χ1) is 8.75. The predicted molar refractivity (Wildman–Crippen MR) is 72.0 cm³/mol. The van der Waals surface area contributed by atoms with Crippen molar-refractivity contribution in [3.05, 3.63) is 21.8 Å². The topological polar surface area (TPSA) is 51.0 Å². The maximum absolute atomic E-state index is 6.21. The van der Waals surface area contributed by atoms with Gasteiger partial charge in [-0.3, -0.25) is 0 Å². The lowest BCUT2D eigenvalue weighted by Gasteiger charge is -2.19. The molecule has 0 saturated carbocycles. The molecule has 2 aromatic heterocycles. The molecule has 0 spiro atoms. The summed E-state index contributed by atoms with van der Waals surface area (Å²) in [4.78, 5) is 5.33. The average Bonchev–Trinajstić information content (AvgIpc) is 3.00. The van der Waals surface area contributed by atoms with Crippen LogP contribution in [0.15, 0.2) is 9.90 Å². The summed E-state index contributed by atoms with van der Waals surface area (Å²) in [5, 5.41) is 10.2. The third-order valence-electron chi connectivity index (χ3n) is 3.16. The summed E-state index contributed by atoms with van der Waals surface area (Å²) in [6.07, 6.45) is 3.49. The van der Waals surface area contributed by atoms with E-state index in [4.69, 9.17) is 16.1 Å². The summed E-state index contributed by atoms with van der Waals surface area (Å²) in [5.74, 6) is 1.27. The van der Waals surface area contributed by atoms with Crippen LogP contribution in [0.25, 0.3) is 10.8 Å². The van der Waals surface area contributed by atoms with Crippen molar-refractivity contribution in [3.63, 3.8) is 0 Å². The zero-order valence-electron chi connectivity index (χ0n) is 10.1. The minimum absolute atomic E-state index is 0.219. The maximum atomic E-state index is 6.21. The van der Waals surface area contributed by atoms with E-state index in [2.05, 4.69) is 15.5 Å². The Kier molecular flexibility index (Phi) is 3.37. The molecule has 2 aromatic rings. The molecule has 0 aromatic carbocycles. The summed E-state index contributed by atoms with van der Waals surface area (Å²) in [5.41, 5.74) is 1.05. The van der Waals surface area contributed by atoms with Gasteiger partial charge in [-0.2, -0.15) is 4.98 Å². The number of halogens is 1. The van der Waals surface area contributed by atoms with Gasteiger partial charge in [0.05, 0.1) is 11.1 Å². The molecule has 1 fully saturated rings. The van der Waals surface area contributed by atoms with Gasteiger partial charge in [-0.05, 0) is 37.3 Å². The molecule has 1 aliphatic rings. The molecule has 0 radical (unpaired) electrons. The van der Waals surface area contributed by atoms with Crippen LogP contribution in [0.2, 0.25) is 5.02 Å². The molecule has 18 heavy (non-hydrogen) atoms. The monoisotopic (exact) mass is 283 g/mol. The lowest BCUT2D eigenvalue weighted by Crippen LogP contribution is -2.27. The van der Waals surface area contributed by atoms with Crippen molar-refractivity contribution < 1.29 is 4.52 Å². The maximum Gasteiger partial charge on any atom is 0.269 e. The van der Waals surface area contributed by atoms with E-state index in [1.165, 1.54) is 12.8 Å². The van der Waals surface area contributed by atoms with Gasteiger partial charge in [0.25, 0.3) is 5.89 Å². The zero-order valence-corrected chi connectivity index (χ0v) is 11.6. The molecule has 0 amide bonds. The molecule has 96 valence electrons. The second-order valence-electron chi connectivity index (χ2n) is 4.52. The van der Waals surface area contributed by atoms with Gasteiger partial charge in [0.1, 0.15) is 4.88 Å². The van der Waals surface area contributed by atoms with Crippen LogP contribution in [0.5, 0.6) is 0 Å². The Balaban J connectivity index is 1.87. The third-order valence-corrected chi connectivity index (χ3v) is 4.84. The molecule has 1 unspecified atom stereocenters. The van der Waals surface area contributed by atoms with Crippen LogP contribution in [0, 0.1) is 6.92 Å². The van der Waals surface area contributed by atoms with Crippen LogP contribution in [0.3, 0.4) is 0 Å². The number of piperidine rings is 1. The number of hydrogen-bond acceptors (Lipinski definition) is 5. The smallest absolute Gasteiger partial charge is 0.269 e. The lowest BCUT2D eigenvalue weighted by molar-refractivity contribution is 0.367. The molecular weight excluding hydrogens is 270 g/mol. The Bertz CT molecular complexity index is 545. The van der Waals surface area contributed by atoms with Crippen molar-refractivity contribution in [2.75, 3.05) is 6.54 Å². The van der Waals surface area contributed by atoms with E-state index in [0.717, 1.165) is 29.2 Å².